The smallest absolute Gasteiger partial charge is 0.481 e. The van der Waals surface area contributed by atoms with Crippen LogP contribution in [0.5, 0.6) is 5.88 Å². The third-order valence-electron chi connectivity index (χ3n) is 2.31. The van der Waals surface area contributed by atoms with E-state index in [1.807, 2.05) is 0 Å². The molecule has 86 valence electrons. The van der Waals surface area contributed by atoms with Gasteiger partial charge >= 0.3 is 7.12 Å². The van der Waals surface area contributed by atoms with Crippen molar-refractivity contribution in [2.45, 2.75) is 6.29 Å². The fourth-order valence-corrected chi connectivity index (χ4v) is 1.53. The molecule has 1 aromatic heterocycles. The molecule has 6 nitrogen and oxygen atoms in total. The Labute approximate surface area is 92.9 Å². The number of pyridine rings is 1. The first-order chi connectivity index (χ1) is 7.72. The van der Waals surface area contributed by atoms with Gasteiger partial charge in [0.2, 0.25) is 5.88 Å². The van der Waals surface area contributed by atoms with Crippen molar-refractivity contribution in [2.24, 2.45) is 0 Å². The van der Waals surface area contributed by atoms with Gasteiger partial charge in [-0.1, -0.05) is 0 Å². The van der Waals surface area contributed by atoms with E-state index in [9.17, 15) is 10.0 Å². The molecule has 16 heavy (non-hydrogen) atoms. The van der Waals surface area contributed by atoms with E-state index in [1.54, 1.807) is 6.07 Å². The van der Waals surface area contributed by atoms with E-state index in [0.717, 1.165) is 0 Å². The Kier molecular flexibility index (Phi) is 3.40. The highest BCUT2D eigenvalue weighted by molar-refractivity contribution is 6.59. The van der Waals surface area contributed by atoms with Crippen LogP contribution < -0.4 is 10.2 Å². The Bertz CT molecular complexity index is 367. The molecule has 1 aliphatic rings. The number of aromatic nitrogens is 1. The summed E-state index contributed by atoms with van der Waals surface area (Å²) in [5, 5.41) is 18.4. The van der Waals surface area contributed by atoms with Crippen LogP contribution in [0.2, 0.25) is 0 Å². The molecule has 0 spiro atoms. The Hall–Kier alpha value is -1.15. The monoisotopic (exact) mass is 225 g/mol. The standard InChI is InChI=1S/C9H12BNO5/c1-14-8-4-6(9-15-2-3-16-9)7(5-11-8)10(12)13/h4-5,9,12-13H,2-3H2,1H3. The van der Waals surface area contributed by atoms with E-state index in [-0.39, 0.29) is 5.46 Å². The molecule has 1 saturated heterocycles. The van der Waals surface area contributed by atoms with Crippen LogP contribution in [0.3, 0.4) is 0 Å². The molecule has 0 bridgehead atoms. The van der Waals surface area contributed by atoms with Crippen molar-refractivity contribution < 1.29 is 24.3 Å². The normalized spacial score (nSPS) is 16.4. The summed E-state index contributed by atoms with van der Waals surface area (Å²) >= 11 is 0. The Balaban J connectivity index is 2.37. The van der Waals surface area contributed by atoms with Gasteiger partial charge in [-0.25, -0.2) is 4.98 Å². The molecular weight excluding hydrogens is 213 g/mol. The summed E-state index contributed by atoms with van der Waals surface area (Å²) < 4.78 is 15.6. The van der Waals surface area contributed by atoms with Gasteiger partial charge in [-0.05, 0) is 0 Å². The molecule has 0 atom stereocenters. The van der Waals surface area contributed by atoms with Gasteiger partial charge < -0.3 is 24.3 Å². The van der Waals surface area contributed by atoms with Crippen molar-refractivity contribution in [2.75, 3.05) is 20.3 Å². The van der Waals surface area contributed by atoms with Crippen LogP contribution in [0.25, 0.3) is 0 Å². The number of hydrogen-bond acceptors (Lipinski definition) is 6. The number of ether oxygens (including phenoxy) is 3. The Morgan fingerprint density at radius 1 is 1.44 bits per heavy atom. The summed E-state index contributed by atoms with van der Waals surface area (Å²) in [4.78, 5) is 3.90. The summed E-state index contributed by atoms with van der Waals surface area (Å²) in [6.45, 7) is 0.965. The maximum Gasteiger partial charge on any atom is 0.490 e. The lowest BCUT2D eigenvalue weighted by Gasteiger charge is -2.14. The largest absolute Gasteiger partial charge is 0.490 e. The van der Waals surface area contributed by atoms with Gasteiger partial charge in [0, 0.05) is 23.3 Å². The maximum absolute atomic E-state index is 9.19. The van der Waals surface area contributed by atoms with Gasteiger partial charge in [-0.2, -0.15) is 0 Å². The van der Waals surface area contributed by atoms with Crippen molar-refractivity contribution in [1.82, 2.24) is 4.98 Å². The second kappa shape index (κ2) is 4.79. The third-order valence-corrected chi connectivity index (χ3v) is 2.31. The first-order valence-corrected chi connectivity index (χ1v) is 4.85. The number of nitrogens with zero attached hydrogens (tertiary/aromatic N) is 1. The van der Waals surface area contributed by atoms with Crippen LogP contribution in [-0.4, -0.2) is 42.5 Å². The minimum atomic E-state index is -1.61. The van der Waals surface area contributed by atoms with Crippen LogP contribution >= 0.6 is 0 Å². The second-order valence-electron chi connectivity index (χ2n) is 3.30. The molecule has 2 rings (SSSR count). The van der Waals surface area contributed by atoms with Gasteiger partial charge in [-0.3, -0.25) is 0 Å². The minimum Gasteiger partial charge on any atom is -0.481 e. The molecule has 0 radical (unpaired) electrons. The average molecular weight is 225 g/mol. The summed E-state index contributed by atoms with van der Waals surface area (Å²) in [5.74, 6) is 0.374. The summed E-state index contributed by atoms with van der Waals surface area (Å²) in [7, 11) is -0.126. The van der Waals surface area contributed by atoms with Crippen molar-refractivity contribution >= 4 is 12.6 Å². The predicted molar refractivity (Wildman–Crippen MR) is 55.3 cm³/mol. The van der Waals surface area contributed by atoms with Crippen molar-refractivity contribution in [3.63, 3.8) is 0 Å². The Morgan fingerprint density at radius 2 is 2.12 bits per heavy atom. The zero-order chi connectivity index (χ0) is 11.5. The summed E-state index contributed by atoms with van der Waals surface area (Å²) in [5.41, 5.74) is 0.784. The fourth-order valence-electron chi connectivity index (χ4n) is 1.53. The third kappa shape index (κ3) is 2.17. The number of methoxy groups -OCH3 is 1. The van der Waals surface area contributed by atoms with Gasteiger partial charge in [0.15, 0.2) is 6.29 Å². The zero-order valence-electron chi connectivity index (χ0n) is 8.79. The van der Waals surface area contributed by atoms with Crippen LogP contribution in [0.1, 0.15) is 11.9 Å². The van der Waals surface area contributed by atoms with E-state index in [4.69, 9.17) is 14.2 Å². The average Bonchev–Trinajstić information content (AvgIpc) is 2.81. The van der Waals surface area contributed by atoms with Crippen molar-refractivity contribution in [3.8, 4) is 5.88 Å². The molecule has 1 aliphatic heterocycles. The molecule has 0 amide bonds. The maximum atomic E-state index is 9.19. The molecule has 0 aromatic carbocycles. The van der Waals surface area contributed by atoms with E-state index in [0.29, 0.717) is 24.7 Å². The van der Waals surface area contributed by atoms with Crippen LogP contribution in [0.4, 0.5) is 0 Å². The topological polar surface area (TPSA) is 81.0 Å². The van der Waals surface area contributed by atoms with E-state index in [1.165, 1.54) is 13.3 Å². The van der Waals surface area contributed by atoms with Gasteiger partial charge in [0.05, 0.1) is 20.3 Å². The summed E-state index contributed by atoms with van der Waals surface area (Å²) in [6.07, 6.45) is 0.748. The van der Waals surface area contributed by atoms with Gasteiger partial charge in [0.1, 0.15) is 0 Å². The highest BCUT2D eigenvalue weighted by Crippen LogP contribution is 2.23. The first kappa shape index (κ1) is 11.3. The molecule has 7 heteroatoms. The quantitative estimate of drug-likeness (QED) is 0.630. The molecular formula is C9H12BNO5. The lowest BCUT2D eigenvalue weighted by atomic mass is 9.78. The van der Waals surface area contributed by atoms with E-state index in [2.05, 4.69) is 4.98 Å². The van der Waals surface area contributed by atoms with E-state index >= 15 is 0 Å². The molecule has 0 aliphatic carbocycles. The fraction of sp³-hybridized carbons (Fsp3) is 0.444. The molecule has 1 aromatic rings. The molecule has 2 heterocycles. The van der Waals surface area contributed by atoms with Crippen LogP contribution in [0.15, 0.2) is 12.3 Å². The highest BCUT2D eigenvalue weighted by Gasteiger charge is 2.27. The second-order valence-corrected chi connectivity index (χ2v) is 3.30. The van der Waals surface area contributed by atoms with Crippen LogP contribution in [0, 0.1) is 0 Å². The lowest BCUT2D eigenvalue weighted by Crippen LogP contribution is -2.34. The zero-order valence-corrected chi connectivity index (χ0v) is 8.79. The summed E-state index contributed by atoms with van der Waals surface area (Å²) in [6, 6.07) is 1.57. The Morgan fingerprint density at radius 3 is 2.69 bits per heavy atom. The van der Waals surface area contributed by atoms with Crippen molar-refractivity contribution in [3.05, 3.63) is 17.8 Å². The van der Waals surface area contributed by atoms with E-state index < -0.39 is 13.4 Å². The van der Waals surface area contributed by atoms with Gasteiger partial charge in [0.25, 0.3) is 0 Å². The first-order valence-electron chi connectivity index (χ1n) is 4.85. The lowest BCUT2D eigenvalue weighted by molar-refractivity contribution is -0.0436. The highest BCUT2D eigenvalue weighted by atomic mass is 16.7. The van der Waals surface area contributed by atoms with Crippen molar-refractivity contribution in [1.29, 1.82) is 0 Å². The molecule has 1 fully saturated rings. The van der Waals surface area contributed by atoms with Gasteiger partial charge in [-0.15, -0.1) is 0 Å². The SMILES string of the molecule is COc1cc(C2OCCO2)c(B(O)O)cn1. The number of rotatable bonds is 3. The number of hydrogen-bond donors (Lipinski definition) is 2. The minimum absolute atomic E-state index is 0.257. The van der Waals surface area contributed by atoms with Crippen LogP contribution in [-0.2, 0) is 9.47 Å². The molecule has 2 N–H and O–H groups in total. The molecule has 0 saturated carbocycles. The predicted octanol–water partition coefficient (Wildman–Crippen LogP) is -1.18. The molecule has 0 unspecified atom stereocenters.